The molecule has 0 aliphatic carbocycles. The van der Waals surface area contributed by atoms with Gasteiger partial charge < -0.3 is 9.47 Å². The third-order valence-electron chi connectivity index (χ3n) is 1.84. The van der Waals surface area contributed by atoms with Crippen molar-refractivity contribution in [2.45, 2.75) is 13.3 Å². The second-order valence-electron chi connectivity index (χ2n) is 3.03. The lowest BCUT2D eigenvalue weighted by Gasteiger charge is -2.06. The molecule has 0 bridgehead atoms. The average Bonchev–Trinajstić information content (AvgIpc) is 2.35. The molecule has 0 atom stereocenters. The largest absolute Gasteiger partial charge is 0.465 e. The molecule has 0 unspecified atom stereocenters. The van der Waals surface area contributed by atoms with Crippen molar-refractivity contribution in [2.75, 3.05) is 13.7 Å². The Morgan fingerprint density at radius 2 is 2.12 bits per heavy atom. The molecule has 16 heavy (non-hydrogen) atoms. The van der Waals surface area contributed by atoms with Crippen LogP contribution >= 0.6 is 0 Å². The highest BCUT2D eigenvalue weighted by Crippen LogP contribution is 2.08. The second-order valence-corrected chi connectivity index (χ2v) is 3.03. The van der Waals surface area contributed by atoms with Gasteiger partial charge in [-0.25, -0.2) is 14.6 Å². The molecule has 0 radical (unpaired) electrons. The molecule has 0 aliphatic rings. The minimum atomic E-state index is -0.608. The van der Waals surface area contributed by atoms with Crippen LogP contribution in [0.3, 0.4) is 0 Å². The molecule has 86 valence electrons. The predicted molar refractivity (Wildman–Crippen MR) is 56.2 cm³/mol. The number of carbonyl (C=O) groups is 2. The van der Waals surface area contributed by atoms with Crippen LogP contribution in [-0.2, 0) is 9.47 Å². The van der Waals surface area contributed by atoms with Crippen molar-refractivity contribution < 1.29 is 19.1 Å². The summed E-state index contributed by atoms with van der Waals surface area (Å²) in [5.41, 5.74) is 0.105. The quantitative estimate of drug-likeness (QED) is 0.722. The van der Waals surface area contributed by atoms with E-state index in [9.17, 15) is 9.59 Å². The Bertz CT molecular complexity index is 389. The molecule has 0 saturated carbocycles. The minimum Gasteiger partial charge on any atom is -0.465 e. The van der Waals surface area contributed by atoms with Crippen molar-refractivity contribution in [3.63, 3.8) is 0 Å². The smallest absolute Gasteiger partial charge is 0.357 e. The van der Waals surface area contributed by atoms with Crippen LogP contribution < -0.4 is 0 Å². The van der Waals surface area contributed by atoms with Gasteiger partial charge in [-0.3, -0.25) is 0 Å². The Balaban J connectivity index is 2.94. The fourth-order valence-electron chi connectivity index (χ4n) is 1.11. The lowest BCUT2D eigenvalue weighted by Crippen LogP contribution is -2.15. The number of ether oxygens (including phenoxy) is 2. The number of pyridine rings is 1. The fraction of sp³-hybridized carbons (Fsp3) is 0.364. The average molecular weight is 223 g/mol. The first-order chi connectivity index (χ1) is 7.70. The zero-order chi connectivity index (χ0) is 12.0. The van der Waals surface area contributed by atoms with Crippen LogP contribution in [0.15, 0.2) is 18.3 Å². The van der Waals surface area contributed by atoms with Crippen molar-refractivity contribution in [3.8, 4) is 0 Å². The third kappa shape index (κ3) is 2.79. The summed E-state index contributed by atoms with van der Waals surface area (Å²) in [6, 6.07) is 3.03. The van der Waals surface area contributed by atoms with Crippen LogP contribution in [0.5, 0.6) is 0 Å². The van der Waals surface area contributed by atoms with Gasteiger partial charge in [-0.2, -0.15) is 0 Å². The Hall–Kier alpha value is -1.91. The van der Waals surface area contributed by atoms with Crippen LogP contribution in [0, 0.1) is 0 Å². The molecule has 0 saturated heterocycles. The highest BCUT2D eigenvalue weighted by Gasteiger charge is 2.19. The van der Waals surface area contributed by atoms with Crippen LogP contribution in [0.4, 0.5) is 0 Å². The number of aromatic nitrogens is 1. The molecule has 0 fully saturated rings. The van der Waals surface area contributed by atoms with Crippen molar-refractivity contribution >= 4 is 11.9 Å². The molecule has 0 spiro atoms. The number of hydrogen-bond donors (Lipinski definition) is 0. The van der Waals surface area contributed by atoms with Gasteiger partial charge >= 0.3 is 11.9 Å². The van der Waals surface area contributed by atoms with Crippen LogP contribution in [-0.4, -0.2) is 30.6 Å². The van der Waals surface area contributed by atoms with Gasteiger partial charge in [-0.15, -0.1) is 0 Å². The number of hydrogen-bond acceptors (Lipinski definition) is 5. The van der Waals surface area contributed by atoms with E-state index in [1.807, 2.05) is 6.92 Å². The number of nitrogens with zero attached hydrogens (tertiary/aromatic N) is 1. The Morgan fingerprint density at radius 3 is 2.75 bits per heavy atom. The second kappa shape index (κ2) is 5.85. The zero-order valence-electron chi connectivity index (χ0n) is 9.23. The Morgan fingerprint density at radius 1 is 1.38 bits per heavy atom. The first kappa shape index (κ1) is 12.2. The Kier molecular flexibility index (Phi) is 4.44. The summed E-state index contributed by atoms with van der Waals surface area (Å²) < 4.78 is 9.45. The molecule has 0 aromatic carbocycles. The van der Waals surface area contributed by atoms with Gasteiger partial charge in [0.05, 0.1) is 19.3 Å². The molecule has 0 aliphatic heterocycles. The van der Waals surface area contributed by atoms with Crippen LogP contribution in [0.25, 0.3) is 0 Å². The fourth-order valence-corrected chi connectivity index (χ4v) is 1.11. The highest BCUT2D eigenvalue weighted by molar-refractivity contribution is 6.01. The number of carbonyl (C=O) groups excluding carboxylic acids is 2. The Labute approximate surface area is 93.4 Å². The summed E-state index contributed by atoms with van der Waals surface area (Å²) >= 11 is 0. The van der Waals surface area contributed by atoms with Gasteiger partial charge in [0, 0.05) is 6.20 Å². The molecule has 0 N–H and O–H groups in total. The molecule has 1 aromatic heterocycles. The maximum absolute atomic E-state index is 11.6. The number of esters is 2. The summed E-state index contributed by atoms with van der Waals surface area (Å²) in [6.07, 6.45) is 2.14. The van der Waals surface area contributed by atoms with Gasteiger partial charge in [0.25, 0.3) is 0 Å². The predicted octanol–water partition coefficient (Wildman–Crippen LogP) is 1.44. The molecule has 0 amide bonds. The maximum Gasteiger partial charge on any atom is 0.357 e. The zero-order valence-corrected chi connectivity index (χ0v) is 9.23. The van der Waals surface area contributed by atoms with Crippen molar-refractivity contribution in [3.05, 3.63) is 29.6 Å². The molecule has 1 aromatic rings. The monoisotopic (exact) mass is 223 g/mol. The first-order valence-electron chi connectivity index (χ1n) is 4.91. The van der Waals surface area contributed by atoms with Gasteiger partial charge in [-0.1, -0.05) is 6.92 Å². The SMILES string of the molecule is CCCOC(=O)c1ncccc1C(=O)OC. The summed E-state index contributed by atoms with van der Waals surface area (Å²) in [6.45, 7) is 2.18. The molecular weight excluding hydrogens is 210 g/mol. The molecule has 1 heterocycles. The third-order valence-corrected chi connectivity index (χ3v) is 1.84. The summed E-state index contributed by atoms with van der Waals surface area (Å²) in [5, 5.41) is 0. The van der Waals surface area contributed by atoms with E-state index in [0.717, 1.165) is 0 Å². The van der Waals surface area contributed by atoms with Gasteiger partial charge in [0.1, 0.15) is 0 Å². The van der Waals surface area contributed by atoms with E-state index in [4.69, 9.17) is 4.74 Å². The molecule has 1 rings (SSSR count). The molecular formula is C11H13NO4. The van der Waals surface area contributed by atoms with Crippen LogP contribution in [0.1, 0.15) is 34.2 Å². The van der Waals surface area contributed by atoms with Gasteiger partial charge in [0.2, 0.25) is 0 Å². The number of methoxy groups -OCH3 is 1. The van der Waals surface area contributed by atoms with Gasteiger partial charge in [0.15, 0.2) is 5.69 Å². The van der Waals surface area contributed by atoms with Crippen LogP contribution in [0.2, 0.25) is 0 Å². The normalized spacial score (nSPS) is 9.62. The highest BCUT2D eigenvalue weighted by atomic mass is 16.5. The van der Waals surface area contributed by atoms with E-state index in [1.165, 1.54) is 19.4 Å². The maximum atomic E-state index is 11.6. The van der Waals surface area contributed by atoms with E-state index >= 15 is 0 Å². The number of rotatable bonds is 4. The molecule has 5 nitrogen and oxygen atoms in total. The molecule has 5 heteroatoms. The first-order valence-corrected chi connectivity index (χ1v) is 4.91. The van der Waals surface area contributed by atoms with Gasteiger partial charge in [-0.05, 0) is 18.6 Å². The van der Waals surface area contributed by atoms with E-state index in [-0.39, 0.29) is 11.3 Å². The summed E-state index contributed by atoms with van der Waals surface area (Å²) in [7, 11) is 1.25. The lowest BCUT2D eigenvalue weighted by molar-refractivity contribution is 0.0479. The van der Waals surface area contributed by atoms with E-state index in [0.29, 0.717) is 13.0 Å². The summed E-state index contributed by atoms with van der Waals surface area (Å²) in [5.74, 6) is -1.21. The van der Waals surface area contributed by atoms with Crippen molar-refractivity contribution in [2.24, 2.45) is 0 Å². The standard InChI is InChI=1S/C11H13NO4/c1-3-7-16-11(14)9-8(10(13)15-2)5-4-6-12-9/h4-6H,3,7H2,1-2H3. The van der Waals surface area contributed by atoms with E-state index in [1.54, 1.807) is 6.07 Å². The van der Waals surface area contributed by atoms with E-state index < -0.39 is 11.9 Å². The topological polar surface area (TPSA) is 65.5 Å². The van der Waals surface area contributed by atoms with Crippen molar-refractivity contribution in [1.82, 2.24) is 4.98 Å². The summed E-state index contributed by atoms with van der Waals surface area (Å²) in [4.78, 5) is 26.7. The van der Waals surface area contributed by atoms with E-state index in [2.05, 4.69) is 9.72 Å². The van der Waals surface area contributed by atoms with Crippen molar-refractivity contribution in [1.29, 1.82) is 0 Å². The lowest BCUT2D eigenvalue weighted by atomic mass is 10.2. The minimum absolute atomic E-state index is 0.0113.